The van der Waals surface area contributed by atoms with Crippen LogP contribution in [0.25, 0.3) is 0 Å². The van der Waals surface area contributed by atoms with E-state index in [1.54, 1.807) is 116 Å². The molecule has 10 heterocycles. The molecule has 0 aromatic heterocycles. The zero-order valence-electron chi connectivity index (χ0n) is 86.4. The van der Waals surface area contributed by atoms with Crippen molar-refractivity contribution in [3.05, 3.63) is 0 Å². The van der Waals surface area contributed by atoms with E-state index < -0.39 is 0 Å². The maximum Gasteiger partial charge on any atom is 0.0766 e. The molecular formula is C126H199N3O4S3. The number of hydrogen-bond donors (Lipinski definition) is 0. The first-order valence-electron chi connectivity index (χ1n) is 64.4. The van der Waals surface area contributed by atoms with Crippen molar-refractivity contribution in [2.24, 2.45) is 178 Å². The van der Waals surface area contributed by atoms with E-state index in [0.717, 1.165) is 263 Å². The molecule has 10 saturated heterocycles. The van der Waals surface area contributed by atoms with Gasteiger partial charge in [0.1, 0.15) is 0 Å². The van der Waals surface area contributed by atoms with Gasteiger partial charge in [0.25, 0.3) is 0 Å². The summed E-state index contributed by atoms with van der Waals surface area (Å²) in [5.41, 5.74) is 0. The summed E-state index contributed by atoms with van der Waals surface area (Å²) in [6, 6.07) is 8.27. The largest absolute Gasteiger partial charge is 0.374 e. The zero-order valence-corrected chi connectivity index (χ0v) is 88.9. The van der Waals surface area contributed by atoms with Gasteiger partial charge in [0.05, 0.1) is 48.8 Å². The summed E-state index contributed by atoms with van der Waals surface area (Å²) >= 11 is 7.32. The first-order chi connectivity index (χ1) is 67.4. The monoisotopic (exact) mass is 1910 g/mol. The fourth-order valence-electron chi connectivity index (χ4n) is 48.0. The number of nitrogens with zero attached hydrogens (tertiary/aromatic N) is 3. The lowest BCUT2D eigenvalue weighted by molar-refractivity contribution is -0.0826. The average Bonchev–Trinajstić information content (AvgIpc) is 1.57. The third-order valence-electron chi connectivity index (χ3n) is 52.8. The van der Waals surface area contributed by atoms with Crippen LogP contribution in [0.5, 0.6) is 0 Å². The van der Waals surface area contributed by atoms with E-state index in [4.69, 9.17) is 18.9 Å². The van der Waals surface area contributed by atoms with Gasteiger partial charge < -0.3 is 18.9 Å². The van der Waals surface area contributed by atoms with Gasteiger partial charge in [0, 0.05) is 104 Å². The second-order valence-electron chi connectivity index (χ2n) is 57.4. The minimum atomic E-state index is 0.566. The Morgan fingerprint density at radius 3 is 0.941 bits per heavy atom. The van der Waals surface area contributed by atoms with Gasteiger partial charge in [-0.1, -0.05) is 167 Å². The van der Waals surface area contributed by atoms with E-state index in [1.165, 1.54) is 353 Å². The molecule has 48 unspecified atom stereocenters. The van der Waals surface area contributed by atoms with E-state index in [9.17, 15) is 0 Å². The third kappa shape index (κ3) is 16.4. The molecule has 10 heteroatoms. The molecule has 31 aliphatic rings. The number of rotatable bonds is 8. The number of likely N-dealkylation sites (tertiary alicyclic amines) is 3. The van der Waals surface area contributed by atoms with E-state index in [-0.39, 0.29) is 0 Å². The lowest BCUT2D eigenvalue weighted by Crippen LogP contribution is -2.55. The summed E-state index contributed by atoms with van der Waals surface area (Å²) in [4.78, 5) is 9.75. The molecule has 21 saturated carbocycles. The van der Waals surface area contributed by atoms with Crippen molar-refractivity contribution in [2.45, 2.75) is 603 Å². The Balaban J connectivity index is 0.0000000989. The van der Waals surface area contributed by atoms with Crippen molar-refractivity contribution in [3.63, 3.8) is 0 Å². The van der Waals surface area contributed by atoms with Crippen LogP contribution in [0.15, 0.2) is 0 Å². The molecule has 48 atom stereocenters. The summed E-state index contributed by atoms with van der Waals surface area (Å²) < 4.78 is 29.8. The Morgan fingerprint density at radius 2 is 0.441 bits per heavy atom. The van der Waals surface area contributed by atoms with Crippen molar-refractivity contribution in [1.29, 1.82) is 0 Å². The van der Waals surface area contributed by atoms with Crippen molar-refractivity contribution >= 4 is 35.3 Å². The Kier molecular flexibility index (Phi) is 27.2. The molecule has 760 valence electrons. The van der Waals surface area contributed by atoms with Crippen LogP contribution in [-0.2, 0) is 18.9 Å². The number of fused-ring (bicyclic) bond motifs is 33. The van der Waals surface area contributed by atoms with Gasteiger partial charge in [-0.3, -0.25) is 14.7 Å². The highest BCUT2D eigenvalue weighted by atomic mass is 32.2. The molecular weight excluding hydrogens is 1720 g/mol. The van der Waals surface area contributed by atoms with Crippen molar-refractivity contribution in [1.82, 2.24) is 14.7 Å². The maximum absolute atomic E-state index is 7.59. The van der Waals surface area contributed by atoms with Gasteiger partial charge in [-0.2, -0.15) is 35.3 Å². The smallest absolute Gasteiger partial charge is 0.0766 e. The molecule has 0 amide bonds. The predicted molar refractivity (Wildman–Crippen MR) is 561 cm³/mol. The van der Waals surface area contributed by atoms with Gasteiger partial charge in [0.15, 0.2) is 0 Å². The quantitative estimate of drug-likeness (QED) is 0.235. The fourth-order valence-corrected chi connectivity index (χ4v) is 54.3. The molecule has 0 spiro atoms. The number of ether oxygens (including phenoxy) is 4. The fraction of sp³-hybridized carbons (Fsp3) is 1.00. The number of thioether (sulfide) groups is 3. The number of hydrogen-bond acceptors (Lipinski definition) is 10. The Morgan fingerprint density at radius 1 is 0.140 bits per heavy atom. The van der Waals surface area contributed by atoms with Gasteiger partial charge in [-0.15, -0.1) is 0 Å². The van der Waals surface area contributed by atoms with Gasteiger partial charge in [-0.25, -0.2) is 0 Å². The van der Waals surface area contributed by atoms with Crippen LogP contribution < -0.4 is 0 Å². The van der Waals surface area contributed by atoms with E-state index in [2.05, 4.69) is 50.0 Å². The normalized spacial score (nSPS) is 57.0. The minimum Gasteiger partial charge on any atom is -0.374 e. The summed E-state index contributed by atoms with van der Waals surface area (Å²) in [5, 5.41) is 5.78. The minimum absolute atomic E-state index is 0.566. The summed E-state index contributed by atoms with van der Waals surface area (Å²) in [6.07, 6.45) is 116. The molecule has 21 aliphatic carbocycles. The van der Waals surface area contributed by atoms with Crippen molar-refractivity contribution in [3.8, 4) is 0 Å². The zero-order chi connectivity index (χ0) is 88.9. The van der Waals surface area contributed by atoms with Gasteiger partial charge in [-0.05, 0) is 462 Å². The lowest BCUT2D eigenvalue weighted by atomic mass is 9.60. The third-order valence-corrected chi connectivity index (χ3v) is 58.3. The highest BCUT2D eigenvalue weighted by molar-refractivity contribution is 8.01. The molecule has 7 nitrogen and oxygen atoms in total. The van der Waals surface area contributed by atoms with E-state index in [1.807, 2.05) is 0 Å². The maximum atomic E-state index is 7.59. The molecule has 0 bridgehead atoms. The molecule has 0 radical (unpaired) electrons. The molecule has 0 aromatic rings. The lowest BCUT2D eigenvalue weighted by Gasteiger charge is -2.48. The van der Waals surface area contributed by atoms with Crippen LogP contribution >= 0.6 is 35.3 Å². The predicted octanol–water partition coefficient (Wildman–Crippen LogP) is 31.0. The first kappa shape index (κ1) is 92.9. The Bertz CT molecular complexity index is 3970. The average molecular weight is 1920 g/mol. The van der Waals surface area contributed by atoms with Crippen molar-refractivity contribution < 1.29 is 18.9 Å². The van der Waals surface area contributed by atoms with Gasteiger partial charge >= 0.3 is 0 Å². The summed E-state index contributed by atoms with van der Waals surface area (Å²) in [6.45, 7) is 0. The van der Waals surface area contributed by atoms with Crippen LogP contribution in [0.2, 0.25) is 0 Å². The molecule has 0 aromatic carbocycles. The van der Waals surface area contributed by atoms with E-state index in [0.29, 0.717) is 48.8 Å². The topological polar surface area (TPSA) is 46.6 Å². The highest BCUT2D eigenvalue weighted by Crippen LogP contribution is 2.70. The second kappa shape index (κ2) is 39.8. The molecule has 0 N–H and O–H groups in total. The highest BCUT2D eigenvalue weighted by Gasteiger charge is 2.68. The molecule has 10 aliphatic heterocycles. The van der Waals surface area contributed by atoms with Crippen LogP contribution in [-0.4, -0.2) is 149 Å². The molecule has 31 rings (SSSR count). The van der Waals surface area contributed by atoms with Crippen LogP contribution in [0.3, 0.4) is 0 Å². The molecule has 31 fully saturated rings. The standard InChI is InChI=1S/C42H65NO2S.2C42H67NOS/c1-4-15-33-26(9-1)32-23-24(19-21-34(32)43(33)35-16-8-14-28-27-10-2-5-17-36(27)44-41(28)35)25-12-7-13-29-30-20-22-38-39(42(30)45-40(25)29)31-11-3-6-18-37(31)46-38;1-4-16-36-31(11-1)32-12-2-5-17-37(32)43(36)29-21-19-26(20-22-29)27-9-7-10-28(25-27)30-14-8-15-33-34-23-24-39-40(42(34)44-41(30)33)35-13-3-6-18-38(35)45-39;1-2-9-29(10-3-1)43-36-15-6-4-11-31(36)35-25-28(21-23-37(35)43)26-17-19-27(20-18-26)30-13-8-14-32-33-22-24-39-40(42(33)44-41(30)32)34-12-5-7-16-38(34)45-39/h24-42H,1-23H2;2*26-42H,1-25H2. The summed E-state index contributed by atoms with van der Waals surface area (Å²) in [5.74, 6) is 29.0. The van der Waals surface area contributed by atoms with E-state index >= 15 is 0 Å². The van der Waals surface area contributed by atoms with Gasteiger partial charge in [0.2, 0.25) is 0 Å². The SMILES string of the molecule is C1CC(C2CCC(N3C4CCCCC4C4CCCCC43)CC2)CC(C2CCCC3C4CCC5SC6CCCCC6C5C4OC23)C1.C1CCC(N2C3CCCCC3C3CC(C4CCC(C5CCCC6C7CCC8SC9CCCCC9C8C7OC56)CC4)CCC32)CC1.C1CCC2C(C1)OC1C2CCCC1N1C2CCCCC2C2CC(C3CCCC4C5CCC6SC7CCCCC7C6C5OC34)CCC21. The van der Waals surface area contributed by atoms with Crippen LogP contribution in [0, 0.1) is 178 Å². The van der Waals surface area contributed by atoms with Crippen LogP contribution in [0.1, 0.15) is 469 Å². The molecule has 136 heavy (non-hydrogen) atoms. The first-order valence-corrected chi connectivity index (χ1v) is 67.2. The Hall–Kier alpha value is 0.770. The summed E-state index contributed by atoms with van der Waals surface area (Å²) in [7, 11) is 0. The van der Waals surface area contributed by atoms with Crippen LogP contribution in [0.4, 0.5) is 0 Å². The Labute approximate surface area is 843 Å². The second-order valence-corrected chi connectivity index (χ2v) is 61.8. The van der Waals surface area contributed by atoms with Crippen molar-refractivity contribution in [2.75, 3.05) is 0 Å².